The van der Waals surface area contributed by atoms with E-state index in [2.05, 4.69) is 0 Å². The first kappa shape index (κ1) is 16.6. The topological polar surface area (TPSA) is 59.4 Å². The standard InChI is InChI=1S/C15H17ClN2O3S/c1-3-18-10-13(16)9-14(18)15(19)17(2)22(20,21)11-12-7-5-4-6-8-12/h4-10H,3,11H2,1-2H3. The Hall–Kier alpha value is -1.79. The zero-order valence-electron chi connectivity index (χ0n) is 12.4. The Bertz CT molecular complexity index is 769. The van der Waals surface area contributed by atoms with E-state index in [4.69, 9.17) is 11.6 Å². The van der Waals surface area contributed by atoms with Gasteiger partial charge in [-0.3, -0.25) is 4.79 Å². The number of nitrogens with zero attached hydrogens (tertiary/aromatic N) is 2. The highest BCUT2D eigenvalue weighted by Crippen LogP contribution is 2.18. The minimum atomic E-state index is -3.75. The zero-order valence-corrected chi connectivity index (χ0v) is 13.9. The zero-order chi connectivity index (χ0) is 16.3. The minimum absolute atomic E-state index is 0.226. The van der Waals surface area contributed by atoms with Crippen molar-refractivity contribution in [2.24, 2.45) is 0 Å². The molecule has 0 aliphatic rings. The number of halogens is 1. The van der Waals surface area contributed by atoms with Crippen molar-refractivity contribution in [1.29, 1.82) is 0 Å². The van der Waals surface area contributed by atoms with E-state index in [0.29, 0.717) is 17.1 Å². The maximum atomic E-state index is 12.4. The van der Waals surface area contributed by atoms with E-state index < -0.39 is 15.9 Å². The third kappa shape index (κ3) is 3.51. The van der Waals surface area contributed by atoms with Crippen molar-refractivity contribution in [3.05, 3.63) is 58.9 Å². The van der Waals surface area contributed by atoms with Crippen LogP contribution in [-0.2, 0) is 22.3 Å². The molecule has 118 valence electrons. The van der Waals surface area contributed by atoms with E-state index in [9.17, 15) is 13.2 Å². The van der Waals surface area contributed by atoms with Crippen molar-refractivity contribution in [3.8, 4) is 0 Å². The molecule has 0 unspecified atom stereocenters. The van der Waals surface area contributed by atoms with E-state index >= 15 is 0 Å². The Morgan fingerprint density at radius 3 is 2.50 bits per heavy atom. The van der Waals surface area contributed by atoms with Gasteiger partial charge in [-0.15, -0.1) is 0 Å². The Balaban J connectivity index is 2.26. The summed E-state index contributed by atoms with van der Waals surface area (Å²) in [5, 5.41) is 0.402. The molecule has 2 rings (SSSR count). The van der Waals surface area contributed by atoms with Gasteiger partial charge in [0.2, 0.25) is 10.0 Å². The van der Waals surface area contributed by atoms with Gasteiger partial charge in [0.1, 0.15) is 5.69 Å². The first-order chi connectivity index (χ1) is 10.3. The van der Waals surface area contributed by atoms with Gasteiger partial charge in [0.15, 0.2) is 0 Å². The lowest BCUT2D eigenvalue weighted by molar-refractivity contribution is 0.0873. The molecule has 0 saturated heterocycles. The molecule has 1 heterocycles. The molecule has 7 heteroatoms. The van der Waals surface area contributed by atoms with Gasteiger partial charge in [-0.1, -0.05) is 41.9 Å². The van der Waals surface area contributed by atoms with Gasteiger partial charge < -0.3 is 4.57 Å². The number of benzene rings is 1. The molecule has 5 nitrogen and oxygen atoms in total. The van der Waals surface area contributed by atoms with Crippen LogP contribution < -0.4 is 0 Å². The highest BCUT2D eigenvalue weighted by atomic mass is 35.5. The lowest BCUT2D eigenvalue weighted by Crippen LogP contribution is -2.35. The van der Waals surface area contributed by atoms with Gasteiger partial charge in [0.25, 0.3) is 5.91 Å². The average molecular weight is 341 g/mol. The van der Waals surface area contributed by atoms with E-state index in [1.807, 2.05) is 6.92 Å². The molecule has 0 saturated carbocycles. The molecule has 22 heavy (non-hydrogen) atoms. The molecule has 2 aromatic rings. The summed E-state index contributed by atoms with van der Waals surface area (Å²) in [6.07, 6.45) is 1.60. The molecule has 0 fully saturated rings. The van der Waals surface area contributed by atoms with Crippen LogP contribution in [0.1, 0.15) is 23.0 Å². The van der Waals surface area contributed by atoms with Gasteiger partial charge in [0.05, 0.1) is 10.8 Å². The second-order valence-corrected chi connectivity index (χ2v) is 7.28. The second-order valence-electron chi connectivity index (χ2n) is 4.84. The van der Waals surface area contributed by atoms with Crippen molar-refractivity contribution >= 4 is 27.5 Å². The highest BCUT2D eigenvalue weighted by Gasteiger charge is 2.27. The van der Waals surface area contributed by atoms with Crippen LogP contribution in [0.15, 0.2) is 42.6 Å². The number of sulfonamides is 1. The van der Waals surface area contributed by atoms with Crippen LogP contribution in [0, 0.1) is 0 Å². The molecule has 0 aliphatic heterocycles. The molecule has 0 N–H and O–H groups in total. The summed E-state index contributed by atoms with van der Waals surface area (Å²) < 4.78 is 27.2. The predicted octanol–water partition coefficient (Wildman–Crippen LogP) is 2.76. The quantitative estimate of drug-likeness (QED) is 0.841. The molecule has 1 aromatic heterocycles. The summed E-state index contributed by atoms with van der Waals surface area (Å²) in [5.74, 6) is -0.818. The average Bonchev–Trinajstić information content (AvgIpc) is 2.87. The summed E-state index contributed by atoms with van der Waals surface area (Å²) >= 11 is 5.90. The molecule has 0 atom stereocenters. The molecule has 0 aliphatic carbocycles. The number of carbonyl (C=O) groups is 1. The molecule has 1 amide bonds. The van der Waals surface area contributed by atoms with Crippen LogP contribution in [0.25, 0.3) is 0 Å². The number of amides is 1. The van der Waals surface area contributed by atoms with E-state index in [-0.39, 0.29) is 11.4 Å². The fraction of sp³-hybridized carbons (Fsp3) is 0.267. The Labute approximate surface area is 135 Å². The van der Waals surface area contributed by atoms with Crippen LogP contribution in [0.3, 0.4) is 0 Å². The van der Waals surface area contributed by atoms with E-state index in [1.54, 1.807) is 41.1 Å². The normalized spacial score (nSPS) is 11.4. The summed E-state index contributed by atoms with van der Waals surface area (Å²) in [6.45, 7) is 2.38. The number of aromatic nitrogens is 1. The lowest BCUT2D eigenvalue weighted by atomic mass is 10.2. The molecule has 0 radical (unpaired) electrons. The van der Waals surface area contributed by atoms with Gasteiger partial charge in [-0.2, -0.15) is 0 Å². The molecule has 1 aromatic carbocycles. The number of aryl methyl sites for hydroxylation is 1. The van der Waals surface area contributed by atoms with Crippen molar-refractivity contribution in [2.45, 2.75) is 19.2 Å². The van der Waals surface area contributed by atoms with Crippen molar-refractivity contribution in [2.75, 3.05) is 7.05 Å². The Morgan fingerprint density at radius 2 is 1.91 bits per heavy atom. The maximum absolute atomic E-state index is 12.4. The number of carbonyl (C=O) groups excluding carboxylic acids is 1. The largest absolute Gasteiger partial charge is 0.342 e. The van der Waals surface area contributed by atoms with E-state index in [1.165, 1.54) is 13.1 Å². The maximum Gasteiger partial charge on any atom is 0.283 e. The second kappa shape index (κ2) is 6.54. The van der Waals surface area contributed by atoms with Crippen molar-refractivity contribution in [1.82, 2.24) is 8.87 Å². The molecule has 0 spiro atoms. The summed E-state index contributed by atoms with van der Waals surface area (Å²) in [4.78, 5) is 12.4. The van der Waals surface area contributed by atoms with E-state index in [0.717, 1.165) is 4.31 Å². The monoisotopic (exact) mass is 340 g/mol. The smallest absolute Gasteiger partial charge is 0.283 e. The van der Waals surface area contributed by atoms with Crippen LogP contribution in [0.4, 0.5) is 0 Å². The lowest BCUT2D eigenvalue weighted by Gasteiger charge is -2.18. The van der Waals surface area contributed by atoms with Gasteiger partial charge in [0, 0.05) is 19.8 Å². The number of hydrogen-bond donors (Lipinski definition) is 0. The summed E-state index contributed by atoms with van der Waals surface area (Å²) in [6, 6.07) is 10.2. The van der Waals surface area contributed by atoms with Crippen molar-refractivity contribution in [3.63, 3.8) is 0 Å². The number of hydrogen-bond acceptors (Lipinski definition) is 3. The first-order valence-electron chi connectivity index (χ1n) is 6.75. The number of rotatable bonds is 5. The van der Waals surface area contributed by atoms with Crippen molar-refractivity contribution < 1.29 is 13.2 Å². The molecular formula is C15H17ClN2O3S. The fourth-order valence-corrected chi connectivity index (χ4v) is 3.46. The minimum Gasteiger partial charge on any atom is -0.342 e. The highest BCUT2D eigenvalue weighted by molar-refractivity contribution is 7.88. The third-order valence-corrected chi connectivity index (χ3v) is 5.22. The van der Waals surface area contributed by atoms with Gasteiger partial charge in [-0.25, -0.2) is 12.7 Å². The SMILES string of the molecule is CCn1cc(Cl)cc1C(=O)N(C)S(=O)(=O)Cc1ccccc1. The van der Waals surface area contributed by atoms with Gasteiger partial charge in [-0.05, 0) is 18.6 Å². The Morgan fingerprint density at radius 1 is 1.27 bits per heavy atom. The van der Waals surface area contributed by atoms with Gasteiger partial charge >= 0.3 is 0 Å². The molecule has 0 bridgehead atoms. The predicted molar refractivity (Wildman–Crippen MR) is 86.3 cm³/mol. The summed E-state index contributed by atoms with van der Waals surface area (Å²) in [5.41, 5.74) is 0.887. The Kier molecular flexibility index (Phi) is 4.93. The third-order valence-electron chi connectivity index (χ3n) is 3.32. The van der Waals surface area contributed by atoms with Crippen LogP contribution in [0.5, 0.6) is 0 Å². The molecular weight excluding hydrogens is 324 g/mol. The fourth-order valence-electron chi connectivity index (χ4n) is 2.08. The van der Waals surface area contributed by atoms with Crippen LogP contribution in [0.2, 0.25) is 5.02 Å². The van der Waals surface area contributed by atoms with Crippen LogP contribution in [-0.4, -0.2) is 30.2 Å². The van der Waals surface area contributed by atoms with Crippen LogP contribution >= 0.6 is 11.6 Å². The first-order valence-corrected chi connectivity index (χ1v) is 8.74. The summed E-state index contributed by atoms with van der Waals surface area (Å²) in [7, 11) is -2.48.